The molecule has 2 nitrogen and oxygen atoms in total. The molecule has 0 saturated heterocycles. The first-order valence-electron chi connectivity index (χ1n) is 5.11. The third kappa shape index (κ3) is 3.58. The highest BCUT2D eigenvalue weighted by Crippen LogP contribution is 2.09. The van der Waals surface area contributed by atoms with E-state index in [4.69, 9.17) is 0 Å². The maximum Gasteiger partial charge on any atom is 0.162 e. The largest absolute Gasteiger partial charge is 0.383 e. The van der Waals surface area contributed by atoms with Gasteiger partial charge in [0.1, 0.15) is 0 Å². The molecule has 0 atom stereocenters. The van der Waals surface area contributed by atoms with E-state index in [9.17, 15) is 4.79 Å². The molecule has 2 heteroatoms. The van der Waals surface area contributed by atoms with Gasteiger partial charge in [0.05, 0.1) is 0 Å². The van der Waals surface area contributed by atoms with E-state index in [0.717, 1.165) is 11.1 Å². The summed E-state index contributed by atoms with van der Waals surface area (Å²) in [5.74, 6) is 0.190. The molecule has 0 spiro atoms. The molecule has 0 heterocycles. The van der Waals surface area contributed by atoms with Crippen LogP contribution < -0.4 is 0 Å². The number of rotatable bonds is 4. The molecule has 0 aromatic heterocycles. The fourth-order valence-corrected chi connectivity index (χ4v) is 1.26. The predicted molar refractivity (Wildman–Crippen MR) is 63.8 cm³/mol. The Balaban J connectivity index is 2.88. The summed E-state index contributed by atoms with van der Waals surface area (Å²) in [4.78, 5) is 13.4. The van der Waals surface area contributed by atoms with Gasteiger partial charge in [0, 0.05) is 26.1 Å². The van der Waals surface area contributed by atoms with Gasteiger partial charge in [0.15, 0.2) is 5.78 Å². The van der Waals surface area contributed by atoms with Gasteiger partial charge in [-0.15, -0.1) is 0 Å². The van der Waals surface area contributed by atoms with E-state index in [-0.39, 0.29) is 5.78 Å². The minimum atomic E-state index is 0.190. The summed E-state index contributed by atoms with van der Waals surface area (Å²) in [7, 11) is 3.94. The maximum atomic E-state index is 11.5. The van der Waals surface area contributed by atoms with Gasteiger partial charge in [-0.3, -0.25) is 4.79 Å². The lowest BCUT2D eigenvalue weighted by atomic mass is 10.1. The van der Waals surface area contributed by atoms with E-state index in [1.54, 1.807) is 0 Å². The van der Waals surface area contributed by atoms with Crippen molar-refractivity contribution in [1.82, 2.24) is 4.90 Å². The van der Waals surface area contributed by atoms with E-state index < -0.39 is 0 Å². The third-order valence-electron chi connectivity index (χ3n) is 2.09. The lowest BCUT2D eigenvalue weighted by Crippen LogP contribution is -2.00. The first kappa shape index (κ1) is 11.5. The van der Waals surface area contributed by atoms with Gasteiger partial charge < -0.3 is 4.90 Å². The van der Waals surface area contributed by atoms with Crippen LogP contribution in [0.2, 0.25) is 0 Å². The fraction of sp³-hybridized carbons (Fsp3) is 0.308. The molecule has 0 radical (unpaired) electrons. The van der Waals surface area contributed by atoms with Gasteiger partial charge in [-0.1, -0.05) is 25.1 Å². The predicted octanol–water partition coefficient (Wildman–Crippen LogP) is 2.81. The number of nitrogens with zero attached hydrogens (tertiary/aromatic N) is 1. The van der Waals surface area contributed by atoms with Crippen LogP contribution in [0.15, 0.2) is 30.5 Å². The molecule has 15 heavy (non-hydrogen) atoms. The summed E-state index contributed by atoms with van der Waals surface area (Å²) in [5, 5.41) is 0. The highest BCUT2D eigenvalue weighted by atomic mass is 16.1. The van der Waals surface area contributed by atoms with Gasteiger partial charge in [0.2, 0.25) is 0 Å². The second-order valence-electron chi connectivity index (χ2n) is 3.68. The van der Waals surface area contributed by atoms with Crippen LogP contribution >= 0.6 is 0 Å². The van der Waals surface area contributed by atoms with Crippen molar-refractivity contribution in [3.8, 4) is 0 Å². The monoisotopic (exact) mass is 203 g/mol. The van der Waals surface area contributed by atoms with E-state index in [1.165, 1.54) is 0 Å². The summed E-state index contributed by atoms with van der Waals surface area (Å²) < 4.78 is 0. The summed E-state index contributed by atoms with van der Waals surface area (Å²) >= 11 is 0. The first-order chi connectivity index (χ1) is 7.13. The van der Waals surface area contributed by atoms with E-state index in [2.05, 4.69) is 0 Å². The van der Waals surface area contributed by atoms with Crippen molar-refractivity contribution in [3.63, 3.8) is 0 Å². The molecule has 0 N–H and O–H groups in total. The van der Waals surface area contributed by atoms with Crippen molar-refractivity contribution in [2.75, 3.05) is 14.1 Å². The van der Waals surface area contributed by atoms with Crippen LogP contribution in [0.4, 0.5) is 0 Å². The van der Waals surface area contributed by atoms with Crippen LogP contribution in [0.5, 0.6) is 0 Å². The van der Waals surface area contributed by atoms with Crippen LogP contribution in [0, 0.1) is 0 Å². The molecule has 1 rings (SSSR count). The van der Waals surface area contributed by atoms with Crippen molar-refractivity contribution >= 4 is 11.9 Å². The number of ketones is 1. The standard InChI is InChI=1S/C13H17NO/c1-4-13(15)12-7-5-6-11(10-12)8-9-14(2)3/h5-10H,4H2,1-3H3/b9-8+. The smallest absolute Gasteiger partial charge is 0.162 e. The highest BCUT2D eigenvalue weighted by Gasteiger charge is 2.01. The van der Waals surface area contributed by atoms with Crippen LogP contribution in [0.1, 0.15) is 29.3 Å². The molecule has 1 aromatic carbocycles. The zero-order chi connectivity index (χ0) is 11.3. The van der Waals surface area contributed by atoms with E-state index in [1.807, 2.05) is 62.5 Å². The van der Waals surface area contributed by atoms with Gasteiger partial charge in [-0.05, 0) is 23.9 Å². The average molecular weight is 203 g/mol. The lowest BCUT2D eigenvalue weighted by Gasteiger charge is -2.04. The SMILES string of the molecule is CCC(=O)c1cccc(/C=C/N(C)C)c1. The van der Waals surface area contributed by atoms with Gasteiger partial charge >= 0.3 is 0 Å². The summed E-state index contributed by atoms with van der Waals surface area (Å²) in [6.07, 6.45) is 4.52. The number of carbonyl (C=O) groups is 1. The minimum absolute atomic E-state index is 0.190. The third-order valence-corrected chi connectivity index (χ3v) is 2.09. The maximum absolute atomic E-state index is 11.5. The second-order valence-corrected chi connectivity index (χ2v) is 3.68. The molecule has 0 aliphatic heterocycles. The quantitative estimate of drug-likeness (QED) is 0.701. The first-order valence-corrected chi connectivity index (χ1v) is 5.11. The number of carbonyl (C=O) groups excluding carboxylic acids is 1. The molecule has 0 unspecified atom stereocenters. The van der Waals surface area contributed by atoms with E-state index >= 15 is 0 Å². The second kappa shape index (κ2) is 5.35. The van der Waals surface area contributed by atoms with Gasteiger partial charge in [0.25, 0.3) is 0 Å². The molecule has 0 bridgehead atoms. The zero-order valence-electron chi connectivity index (χ0n) is 9.53. The molecular weight excluding hydrogens is 186 g/mol. The van der Waals surface area contributed by atoms with Crippen LogP contribution in [-0.2, 0) is 0 Å². The molecule has 0 aliphatic rings. The molecule has 0 aliphatic carbocycles. The van der Waals surface area contributed by atoms with Gasteiger partial charge in [-0.25, -0.2) is 0 Å². The minimum Gasteiger partial charge on any atom is -0.383 e. The van der Waals surface area contributed by atoms with Crippen molar-refractivity contribution in [2.45, 2.75) is 13.3 Å². The Kier molecular flexibility index (Phi) is 4.10. The molecule has 1 aromatic rings. The average Bonchev–Trinajstić information content (AvgIpc) is 2.25. The van der Waals surface area contributed by atoms with Crippen molar-refractivity contribution < 1.29 is 4.79 Å². The highest BCUT2D eigenvalue weighted by molar-refractivity contribution is 5.96. The Labute approximate surface area is 91.2 Å². The molecule has 80 valence electrons. The molecule has 0 amide bonds. The Morgan fingerprint density at radius 1 is 1.40 bits per heavy atom. The summed E-state index contributed by atoms with van der Waals surface area (Å²) in [5.41, 5.74) is 1.85. The Bertz CT molecular complexity index is 367. The van der Waals surface area contributed by atoms with Crippen molar-refractivity contribution in [2.24, 2.45) is 0 Å². The summed E-state index contributed by atoms with van der Waals surface area (Å²) in [6, 6.07) is 7.69. The van der Waals surface area contributed by atoms with Gasteiger partial charge in [-0.2, -0.15) is 0 Å². The van der Waals surface area contributed by atoms with Crippen LogP contribution in [-0.4, -0.2) is 24.8 Å². The number of Topliss-reactive ketones (excluding diaryl/α,β-unsaturated/α-hetero) is 1. The summed E-state index contributed by atoms with van der Waals surface area (Å²) in [6.45, 7) is 1.88. The molecule has 0 saturated carbocycles. The Morgan fingerprint density at radius 3 is 2.73 bits per heavy atom. The van der Waals surface area contributed by atoms with Crippen LogP contribution in [0.3, 0.4) is 0 Å². The number of hydrogen-bond donors (Lipinski definition) is 0. The number of benzene rings is 1. The van der Waals surface area contributed by atoms with Crippen molar-refractivity contribution in [3.05, 3.63) is 41.6 Å². The number of hydrogen-bond acceptors (Lipinski definition) is 2. The Morgan fingerprint density at radius 2 is 2.13 bits per heavy atom. The lowest BCUT2D eigenvalue weighted by molar-refractivity contribution is 0.0988. The van der Waals surface area contributed by atoms with Crippen molar-refractivity contribution in [1.29, 1.82) is 0 Å². The van der Waals surface area contributed by atoms with Crippen LogP contribution in [0.25, 0.3) is 6.08 Å². The topological polar surface area (TPSA) is 20.3 Å². The molecular formula is C13H17NO. The Hall–Kier alpha value is -1.57. The zero-order valence-corrected chi connectivity index (χ0v) is 9.53. The molecule has 0 fully saturated rings. The fourth-order valence-electron chi connectivity index (χ4n) is 1.26. The normalized spacial score (nSPS) is 10.6. The van der Waals surface area contributed by atoms with E-state index in [0.29, 0.717) is 6.42 Å².